The maximum absolute atomic E-state index is 10.9. The third kappa shape index (κ3) is 3.37. The summed E-state index contributed by atoms with van der Waals surface area (Å²) in [6, 6.07) is 10.6. The Morgan fingerprint density at radius 2 is 2.00 bits per heavy atom. The number of rotatable bonds is 4. The molecule has 0 aromatic heterocycles. The summed E-state index contributed by atoms with van der Waals surface area (Å²) in [5.41, 5.74) is 1.78. The number of hydrogen-bond donors (Lipinski definition) is 0. The van der Waals surface area contributed by atoms with Gasteiger partial charge in [-0.1, -0.05) is 28.1 Å². The van der Waals surface area contributed by atoms with E-state index in [1.54, 1.807) is 12.1 Å². The summed E-state index contributed by atoms with van der Waals surface area (Å²) in [6.45, 7) is 2.22. The van der Waals surface area contributed by atoms with Crippen molar-refractivity contribution in [2.45, 2.75) is 13.5 Å². The lowest BCUT2D eigenvalue weighted by atomic mass is 10.2. The van der Waals surface area contributed by atoms with Gasteiger partial charge in [0.25, 0.3) is 5.69 Å². The Labute approximate surface area is 133 Å². The van der Waals surface area contributed by atoms with Crippen LogP contribution < -0.4 is 4.74 Å². The van der Waals surface area contributed by atoms with Crippen LogP contribution in [-0.2, 0) is 6.61 Å². The van der Waals surface area contributed by atoms with Gasteiger partial charge in [0, 0.05) is 16.1 Å². The number of benzene rings is 2. The van der Waals surface area contributed by atoms with Crippen molar-refractivity contribution in [1.29, 1.82) is 0 Å². The van der Waals surface area contributed by atoms with Crippen LogP contribution in [0.1, 0.15) is 11.1 Å². The zero-order valence-corrected chi connectivity index (χ0v) is 13.8. The average Bonchev–Trinajstić information content (AvgIpc) is 2.39. The highest BCUT2D eigenvalue weighted by Gasteiger charge is 2.15. The number of hydrogen-bond acceptors (Lipinski definition) is 3. The van der Waals surface area contributed by atoms with Crippen molar-refractivity contribution in [3.05, 3.63) is 66.6 Å². The van der Waals surface area contributed by atoms with Gasteiger partial charge in [-0.2, -0.15) is 0 Å². The summed E-state index contributed by atoms with van der Waals surface area (Å²) in [6.07, 6.45) is 0. The van der Waals surface area contributed by atoms with Gasteiger partial charge < -0.3 is 4.74 Å². The summed E-state index contributed by atoms with van der Waals surface area (Å²) >= 11 is 6.65. The van der Waals surface area contributed by atoms with E-state index >= 15 is 0 Å². The number of aryl methyl sites for hydroxylation is 1. The average molecular weight is 401 g/mol. The van der Waals surface area contributed by atoms with Crippen LogP contribution in [0.2, 0.25) is 0 Å². The first-order valence-corrected chi connectivity index (χ1v) is 7.38. The van der Waals surface area contributed by atoms with E-state index in [-0.39, 0.29) is 12.3 Å². The Bertz CT molecular complexity index is 659. The molecule has 20 heavy (non-hydrogen) atoms. The summed E-state index contributed by atoms with van der Waals surface area (Å²) < 4.78 is 7.16. The lowest BCUT2D eigenvalue weighted by molar-refractivity contribution is -0.385. The number of halogens is 2. The molecule has 0 radical (unpaired) electrons. The molecular formula is C14H11Br2NO3. The lowest BCUT2D eigenvalue weighted by Crippen LogP contribution is -2.00. The van der Waals surface area contributed by atoms with Gasteiger partial charge in [-0.25, -0.2) is 0 Å². The predicted molar refractivity (Wildman–Crippen MR) is 84.0 cm³/mol. The molecule has 0 N–H and O–H groups in total. The Balaban J connectivity index is 2.19. The van der Waals surface area contributed by atoms with Crippen molar-refractivity contribution < 1.29 is 9.66 Å². The molecule has 0 fully saturated rings. The van der Waals surface area contributed by atoms with Crippen LogP contribution in [0.25, 0.3) is 0 Å². The highest BCUT2D eigenvalue weighted by atomic mass is 79.9. The second-order valence-corrected chi connectivity index (χ2v) is 5.91. The Kier molecular flexibility index (Phi) is 4.77. The van der Waals surface area contributed by atoms with E-state index in [0.717, 1.165) is 21.3 Å². The molecule has 2 aromatic rings. The van der Waals surface area contributed by atoms with Gasteiger partial charge in [0.2, 0.25) is 0 Å². The summed E-state index contributed by atoms with van der Waals surface area (Å²) in [7, 11) is 0. The SMILES string of the molecule is Cc1cc(Br)ccc1OCc1cccc([N+](=O)[O-])c1Br. The highest BCUT2D eigenvalue weighted by molar-refractivity contribution is 9.10. The first-order valence-electron chi connectivity index (χ1n) is 5.80. The zero-order chi connectivity index (χ0) is 14.7. The van der Waals surface area contributed by atoms with Crippen LogP contribution in [0.5, 0.6) is 5.75 Å². The van der Waals surface area contributed by atoms with Crippen LogP contribution in [-0.4, -0.2) is 4.92 Å². The number of nitro groups is 1. The predicted octanol–water partition coefficient (Wildman–Crippen LogP) is 5.01. The molecule has 0 spiro atoms. The van der Waals surface area contributed by atoms with Gasteiger partial charge in [-0.3, -0.25) is 10.1 Å². The van der Waals surface area contributed by atoms with Crippen LogP contribution in [0.4, 0.5) is 5.69 Å². The third-order valence-electron chi connectivity index (χ3n) is 2.78. The van der Waals surface area contributed by atoms with Gasteiger partial charge in [0.15, 0.2) is 0 Å². The Morgan fingerprint density at radius 1 is 1.25 bits per heavy atom. The van der Waals surface area contributed by atoms with E-state index in [4.69, 9.17) is 4.74 Å². The van der Waals surface area contributed by atoms with E-state index in [1.807, 2.05) is 25.1 Å². The summed E-state index contributed by atoms with van der Waals surface area (Å²) in [4.78, 5) is 10.5. The van der Waals surface area contributed by atoms with E-state index in [2.05, 4.69) is 31.9 Å². The number of ether oxygens (including phenoxy) is 1. The fourth-order valence-corrected chi connectivity index (χ4v) is 2.75. The van der Waals surface area contributed by atoms with Gasteiger partial charge in [0.1, 0.15) is 16.8 Å². The minimum Gasteiger partial charge on any atom is -0.489 e. The standard InChI is InChI=1S/C14H11Br2NO3/c1-9-7-11(15)5-6-13(9)20-8-10-3-2-4-12(14(10)16)17(18)19/h2-7H,8H2,1H3. The smallest absolute Gasteiger partial charge is 0.283 e. The molecule has 2 rings (SSSR count). The van der Waals surface area contributed by atoms with Crippen molar-refractivity contribution in [2.24, 2.45) is 0 Å². The molecule has 0 atom stereocenters. The number of nitro benzene ring substituents is 1. The molecule has 0 aliphatic carbocycles. The van der Waals surface area contributed by atoms with Crippen LogP contribution in [0.3, 0.4) is 0 Å². The maximum Gasteiger partial charge on any atom is 0.283 e. The van der Waals surface area contributed by atoms with E-state index in [1.165, 1.54) is 6.07 Å². The van der Waals surface area contributed by atoms with Gasteiger partial charge in [-0.05, 0) is 46.6 Å². The molecule has 0 amide bonds. The van der Waals surface area contributed by atoms with Gasteiger partial charge in [-0.15, -0.1) is 0 Å². The minimum absolute atomic E-state index is 0.0404. The molecular weight excluding hydrogens is 390 g/mol. The second kappa shape index (κ2) is 6.37. The molecule has 6 heteroatoms. The van der Waals surface area contributed by atoms with Crippen molar-refractivity contribution in [3.8, 4) is 5.75 Å². The minimum atomic E-state index is -0.418. The fourth-order valence-electron chi connectivity index (χ4n) is 1.75. The molecule has 0 unspecified atom stereocenters. The second-order valence-electron chi connectivity index (χ2n) is 4.21. The van der Waals surface area contributed by atoms with Crippen molar-refractivity contribution >= 4 is 37.5 Å². The molecule has 0 aliphatic heterocycles. The summed E-state index contributed by atoms with van der Waals surface area (Å²) in [5, 5.41) is 10.9. The van der Waals surface area contributed by atoms with Crippen molar-refractivity contribution in [1.82, 2.24) is 0 Å². The molecule has 4 nitrogen and oxygen atoms in total. The first-order chi connectivity index (χ1) is 9.49. The molecule has 0 heterocycles. The van der Waals surface area contributed by atoms with Crippen molar-refractivity contribution in [2.75, 3.05) is 0 Å². The monoisotopic (exact) mass is 399 g/mol. The molecule has 0 saturated carbocycles. The molecule has 0 aliphatic rings. The molecule has 0 bridgehead atoms. The highest BCUT2D eigenvalue weighted by Crippen LogP contribution is 2.30. The lowest BCUT2D eigenvalue weighted by Gasteiger charge is -2.10. The van der Waals surface area contributed by atoms with E-state index in [0.29, 0.717) is 4.47 Å². The van der Waals surface area contributed by atoms with E-state index in [9.17, 15) is 10.1 Å². The zero-order valence-electron chi connectivity index (χ0n) is 10.6. The largest absolute Gasteiger partial charge is 0.489 e. The Hall–Kier alpha value is -1.40. The topological polar surface area (TPSA) is 52.4 Å². The fraction of sp³-hybridized carbons (Fsp3) is 0.143. The van der Waals surface area contributed by atoms with Crippen molar-refractivity contribution in [3.63, 3.8) is 0 Å². The quantitative estimate of drug-likeness (QED) is 0.535. The van der Waals surface area contributed by atoms with E-state index < -0.39 is 4.92 Å². The van der Waals surface area contributed by atoms with Crippen LogP contribution >= 0.6 is 31.9 Å². The Morgan fingerprint density at radius 3 is 2.65 bits per heavy atom. The molecule has 104 valence electrons. The van der Waals surface area contributed by atoms with Gasteiger partial charge >= 0.3 is 0 Å². The maximum atomic E-state index is 10.9. The number of nitrogens with zero attached hydrogens (tertiary/aromatic N) is 1. The van der Waals surface area contributed by atoms with Crippen LogP contribution in [0, 0.1) is 17.0 Å². The van der Waals surface area contributed by atoms with Gasteiger partial charge in [0.05, 0.1) is 4.92 Å². The van der Waals surface area contributed by atoms with Crippen LogP contribution in [0.15, 0.2) is 45.3 Å². The first kappa shape index (κ1) is 15.0. The summed E-state index contributed by atoms with van der Waals surface area (Å²) in [5.74, 6) is 0.756. The molecule has 0 saturated heterocycles. The third-order valence-corrected chi connectivity index (χ3v) is 4.18. The normalized spacial score (nSPS) is 10.3. The molecule has 2 aromatic carbocycles.